The Bertz CT molecular complexity index is 946. The summed E-state index contributed by atoms with van der Waals surface area (Å²) in [6, 6.07) is 17.3. The second-order valence-electron chi connectivity index (χ2n) is 4.64. The summed E-state index contributed by atoms with van der Waals surface area (Å²) in [5.41, 5.74) is 1.17. The first-order valence-corrected chi connectivity index (χ1v) is 8.01. The van der Waals surface area contributed by atoms with Gasteiger partial charge in [0.15, 0.2) is 0 Å². The van der Waals surface area contributed by atoms with E-state index in [1.807, 2.05) is 30.3 Å². The maximum absolute atomic E-state index is 12.5. The minimum Gasteiger partial charge on any atom is -0.267 e. The Hall–Kier alpha value is -2.73. The van der Waals surface area contributed by atoms with Gasteiger partial charge < -0.3 is 0 Å². The second kappa shape index (κ2) is 5.57. The lowest BCUT2D eigenvalue weighted by molar-refractivity contribution is 0.594. The average Bonchev–Trinajstić information content (AvgIpc) is 2.56. The standard InChI is InChI=1S/C16H12N2O3S/c19-16-15(10-11-17-18-16)22(20,21)14-8-6-13(7-9-14)12-4-2-1-3-5-12/h1-11H,(H,18,19). The van der Waals surface area contributed by atoms with E-state index in [0.29, 0.717) is 0 Å². The molecule has 0 aliphatic heterocycles. The van der Waals surface area contributed by atoms with Crippen molar-refractivity contribution in [3.05, 3.63) is 77.2 Å². The molecule has 6 heteroatoms. The zero-order valence-corrected chi connectivity index (χ0v) is 12.2. The van der Waals surface area contributed by atoms with Gasteiger partial charge in [-0.25, -0.2) is 13.5 Å². The highest BCUT2D eigenvalue weighted by Gasteiger charge is 2.21. The number of sulfone groups is 1. The Morgan fingerprint density at radius 1 is 0.818 bits per heavy atom. The Morgan fingerprint density at radius 2 is 1.45 bits per heavy atom. The first-order chi connectivity index (χ1) is 10.6. The monoisotopic (exact) mass is 312 g/mol. The van der Waals surface area contributed by atoms with Crippen LogP contribution in [-0.2, 0) is 9.84 Å². The molecule has 3 rings (SSSR count). The van der Waals surface area contributed by atoms with Gasteiger partial charge in [-0.3, -0.25) is 4.79 Å². The maximum atomic E-state index is 12.5. The van der Waals surface area contributed by atoms with Crippen molar-refractivity contribution in [3.63, 3.8) is 0 Å². The molecule has 0 aliphatic rings. The average molecular weight is 312 g/mol. The molecule has 2 aromatic carbocycles. The largest absolute Gasteiger partial charge is 0.283 e. The summed E-state index contributed by atoms with van der Waals surface area (Å²) in [6.07, 6.45) is 1.24. The van der Waals surface area contributed by atoms with Crippen molar-refractivity contribution in [2.45, 2.75) is 9.79 Å². The van der Waals surface area contributed by atoms with Gasteiger partial charge in [-0.05, 0) is 29.3 Å². The van der Waals surface area contributed by atoms with E-state index >= 15 is 0 Å². The van der Waals surface area contributed by atoms with Crippen molar-refractivity contribution in [1.29, 1.82) is 0 Å². The molecule has 22 heavy (non-hydrogen) atoms. The van der Waals surface area contributed by atoms with Gasteiger partial charge in [0.1, 0.15) is 4.90 Å². The van der Waals surface area contributed by atoms with Crippen molar-refractivity contribution in [2.75, 3.05) is 0 Å². The molecule has 0 atom stereocenters. The number of hydrogen-bond donors (Lipinski definition) is 1. The van der Waals surface area contributed by atoms with Gasteiger partial charge in [0.05, 0.1) is 4.90 Å². The fourth-order valence-electron chi connectivity index (χ4n) is 2.13. The molecule has 0 saturated carbocycles. The molecule has 1 heterocycles. The van der Waals surface area contributed by atoms with E-state index in [4.69, 9.17) is 0 Å². The summed E-state index contributed by atoms with van der Waals surface area (Å²) in [5.74, 6) is 0. The third kappa shape index (κ3) is 2.56. The number of aromatic amines is 1. The molecule has 0 saturated heterocycles. The van der Waals surface area contributed by atoms with Gasteiger partial charge in [-0.2, -0.15) is 5.10 Å². The maximum Gasteiger partial charge on any atom is 0.283 e. The molecule has 0 radical (unpaired) electrons. The summed E-state index contributed by atoms with van der Waals surface area (Å²) in [6.45, 7) is 0. The fraction of sp³-hybridized carbons (Fsp3) is 0. The third-order valence-electron chi connectivity index (χ3n) is 3.25. The van der Waals surface area contributed by atoms with E-state index in [1.165, 1.54) is 24.4 Å². The fourth-order valence-corrected chi connectivity index (χ4v) is 3.41. The lowest BCUT2D eigenvalue weighted by Crippen LogP contribution is -2.18. The second-order valence-corrected chi connectivity index (χ2v) is 6.56. The van der Waals surface area contributed by atoms with Crippen molar-refractivity contribution in [2.24, 2.45) is 0 Å². The van der Waals surface area contributed by atoms with Crippen LogP contribution in [-0.4, -0.2) is 18.6 Å². The molecule has 0 fully saturated rings. The van der Waals surface area contributed by atoms with Crippen molar-refractivity contribution >= 4 is 9.84 Å². The van der Waals surface area contributed by atoms with Gasteiger partial charge in [0, 0.05) is 6.20 Å². The first-order valence-electron chi connectivity index (χ1n) is 6.53. The van der Waals surface area contributed by atoms with Crippen LogP contribution in [0.15, 0.2) is 81.4 Å². The van der Waals surface area contributed by atoms with E-state index in [0.717, 1.165) is 11.1 Å². The lowest BCUT2D eigenvalue weighted by Gasteiger charge is -2.05. The summed E-state index contributed by atoms with van der Waals surface area (Å²) in [7, 11) is -3.85. The molecule has 5 nitrogen and oxygen atoms in total. The van der Waals surface area contributed by atoms with Crippen LogP contribution in [0, 0.1) is 0 Å². The molecule has 0 bridgehead atoms. The van der Waals surface area contributed by atoms with E-state index in [9.17, 15) is 13.2 Å². The van der Waals surface area contributed by atoms with Gasteiger partial charge in [0.25, 0.3) is 5.56 Å². The minimum absolute atomic E-state index is 0.0730. The Kier molecular flexibility index (Phi) is 3.60. The van der Waals surface area contributed by atoms with Gasteiger partial charge in [-0.15, -0.1) is 0 Å². The predicted octanol–water partition coefficient (Wildman–Crippen LogP) is 2.27. The smallest absolute Gasteiger partial charge is 0.267 e. The van der Waals surface area contributed by atoms with Gasteiger partial charge in [0.2, 0.25) is 9.84 Å². The molecule has 0 unspecified atom stereocenters. The van der Waals surface area contributed by atoms with E-state index in [2.05, 4.69) is 10.2 Å². The quantitative estimate of drug-likeness (QED) is 0.804. The van der Waals surface area contributed by atoms with Crippen LogP contribution in [0.2, 0.25) is 0 Å². The number of rotatable bonds is 3. The molecule has 110 valence electrons. The molecule has 1 N–H and O–H groups in total. The van der Waals surface area contributed by atoms with Crippen molar-refractivity contribution in [1.82, 2.24) is 10.2 Å². The summed E-state index contributed by atoms with van der Waals surface area (Å²) < 4.78 is 24.9. The highest BCUT2D eigenvalue weighted by atomic mass is 32.2. The molecule has 0 spiro atoms. The predicted molar refractivity (Wildman–Crippen MR) is 82.2 cm³/mol. The van der Waals surface area contributed by atoms with Gasteiger partial charge in [-0.1, -0.05) is 42.5 Å². The number of benzene rings is 2. The Morgan fingerprint density at radius 3 is 2.09 bits per heavy atom. The zero-order chi connectivity index (χ0) is 15.6. The molecule has 3 aromatic rings. The van der Waals surface area contributed by atoms with Crippen molar-refractivity contribution in [3.8, 4) is 11.1 Å². The number of hydrogen-bond acceptors (Lipinski definition) is 4. The van der Waals surface area contributed by atoms with Crippen LogP contribution < -0.4 is 5.56 Å². The SMILES string of the molecule is O=c1[nH]nccc1S(=O)(=O)c1ccc(-c2ccccc2)cc1. The van der Waals surface area contributed by atoms with Crippen LogP contribution in [0.5, 0.6) is 0 Å². The highest BCUT2D eigenvalue weighted by Crippen LogP contribution is 2.23. The van der Waals surface area contributed by atoms with Crippen LogP contribution in [0.4, 0.5) is 0 Å². The molecule has 0 aliphatic carbocycles. The highest BCUT2D eigenvalue weighted by molar-refractivity contribution is 7.91. The molecule has 0 amide bonds. The summed E-state index contributed by atoms with van der Waals surface area (Å²) >= 11 is 0. The van der Waals surface area contributed by atoms with Crippen LogP contribution >= 0.6 is 0 Å². The Labute approximate surface area is 127 Å². The van der Waals surface area contributed by atoms with Gasteiger partial charge >= 0.3 is 0 Å². The molecular weight excluding hydrogens is 300 g/mol. The topological polar surface area (TPSA) is 79.9 Å². The first kappa shape index (κ1) is 14.2. The van der Waals surface area contributed by atoms with Crippen LogP contribution in [0.25, 0.3) is 11.1 Å². The van der Waals surface area contributed by atoms with E-state index < -0.39 is 15.4 Å². The van der Waals surface area contributed by atoms with E-state index in [-0.39, 0.29) is 9.79 Å². The van der Waals surface area contributed by atoms with Crippen LogP contribution in [0.3, 0.4) is 0 Å². The molecular formula is C16H12N2O3S. The summed E-state index contributed by atoms with van der Waals surface area (Å²) in [5, 5.41) is 5.63. The minimum atomic E-state index is -3.85. The van der Waals surface area contributed by atoms with E-state index in [1.54, 1.807) is 12.1 Å². The number of nitrogens with zero attached hydrogens (tertiary/aromatic N) is 1. The third-order valence-corrected chi connectivity index (χ3v) is 5.04. The number of H-pyrrole nitrogens is 1. The normalized spacial score (nSPS) is 11.3. The molecule has 1 aromatic heterocycles. The van der Waals surface area contributed by atoms with Crippen molar-refractivity contribution < 1.29 is 8.42 Å². The zero-order valence-electron chi connectivity index (χ0n) is 11.4. The number of aromatic nitrogens is 2. The lowest BCUT2D eigenvalue weighted by atomic mass is 10.1. The number of nitrogens with one attached hydrogen (secondary N) is 1. The summed E-state index contributed by atoms with van der Waals surface area (Å²) in [4.78, 5) is 11.4. The Balaban J connectivity index is 2.03. The van der Waals surface area contributed by atoms with Crippen LogP contribution in [0.1, 0.15) is 0 Å².